The number of aromatic nitrogens is 2. The normalized spacial score (nSPS) is 16.0. The van der Waals surface area contributed by atoms with E-state index < -0.39 is 17.7 Å². The number of rotatable bonds is 10. The number of nitrogens with zero attached hydrogens (tertiary/aromatic N) is 3. The quantitative estimate of drug-likeness (QED) is 0.106. The smallest absolute Gasteiger partial charge is 0.301 e. The molecule has 5 aromatic rings. The summed E-state index contributed by atoms with van der Waals surface area (Å²) in [5.74, 6) is -0.285. The molecule has 3 heterocycles. The second-order valence-corrected chi connectivity index (χ2v) is 10.9. The number of aliphatic hydroxyl groups excluding tert-OH is 1. The summed E-state index contributed by atoms with van der Waals surface area (Å²) in [6, 6.07) is 22.7. The molecule has 1 N–H and O–H groups in total. The summed E-state index contributed by atoms with van der Waals surface area (Å²) < 4.78 is 18.5. The van der Waals surface area contributed by atoms with Gasteiger partial charge in [0.25, 0.3) is 5.78 Å². The standard InChI is InChI=1S/C34H29N3O6S/c1-3-41-24-11-12-25-28(19-24)44-34(36-25)37-30(29(32(39)33(37)40)31(38)22-14-16-35-17-15-22)23-10-13-26(27(18-23)42-4-2)43-20-21-8-6-5-7-9-21/h5-19,30,38H,3-4,20H2,1-2H3. The molecule has 1 aliphatic heterocycles. The second kappa shape index (κ2) is 12.6. The summed E-state index contributed by atoms with van der Waals surface area (Å²) >= 11 is 1.26. The number of fused-ring (bicyclic) bond motifs is 1. The molecule has 3 aromatic carbocycles. The van der Waals surface area contributed by atoms with Gasteiger partial charge in [0.05, 0.1) is 35.0 Å². The first-order chi connectivity index (χ1) is 21.5. The fraction of sp³-hybridized carbons (Fsp3) is 0.176. The van der Waals surface area contributed by atoms with Crippen LogP contribution in [-0.2, 0) is 16.2 Å². The zero-order valence-electron chi connectivity index (χ0n) is 24.1. The lowest BCUT2D eigenvalue weighted by Gasteiger charge is -2.24. The Labute approximate surface area is 258 Å². The Kier molecular flexibility index (Phi) is 8.25. The van der Waals surface area contributed by atoms with Crippen molar-refractivity contribution in [3.8, 4) is 17.2 Å². The zero-order valence-corrected chi connectivity index (χ0v) is 24.9. The maximum Gasteiger partial charge on any atom is 0.301 e. The van der Waals surface area contributed by atoms with Gasteiger partial charge in [-0.2, -0.15) is 0 Å². The molecule has 44 heavy (non-hydrogen) atoms. The number of amides is 1. The highest BCUT2D eigenvalue weighted by molar-refractivity contribution is 7.22. The van der Waals surface area contributed by atoms with E-state index in [1.54, 1.807) is 30.3 Å². The molecule has 0 bridgehead atoms. The van der Waals surface area contributed by atoms with Crippen LogP contribution in [0.1, 0.15) is 36.6 Å². The molecule has 1 aliphatic rings. The van der Waals surface area contributed by atoms with Gasteiger partial charge in [0.15, 0.2) is 16.6 Å². The lowest BCUT2D eigenvalue weighted by atomic mass is 9.95. The largest absolute Gasteiger partial charge is 0.507 e. The Morgan fingerprint density at radius 2 is 1.66 bits per heavy atom. The molecule has 1 unspecified atom stereocenters. The fourth-order valence-electron chi connectivity index (χ4n) is 5.08. The van der Waals surface area contributed by atoms with Crippen LogP contribution in [0.25, 0.3) is 16.0 Å². The van der Waals surface area contributed by atoms with E-state index in [-0.39, 0.29) is 11.3 Å². The number of pyridine rings is 1. The minimum absolute atomic E-state index is 0.0594. The van der Waals surface area contributed by atoms with E-state index in [4.69, 9.17) is 19.2 Å². The average Bonchev–Trinajstić information content (AvgIpc) is 3.58. The Morgan fingerprint density at radius 1 is 0.886 bits per heavy atom. The molecule has 222 valence electrons. The number of Topliss-reactive ketones (excluding diaryl/α,β-unsaturated/α-hetero) is 1. The van der Waals surface area contributed by atoms with Crippen LogP contribution < -0.4 is 19.1 Å². The Hall–Kier alpha value is -5.22. The lowest BCUT2D eigenvalue weighted by Crippen LogP contribution is -2.29. The molecule has 6 rings (SSSR count). The van der Waals surface area contributed by atoms with Gasteiger partial charge in [-0.1, -0.05) is 47.7 Å². The summed E-state index contributed by atoms with van der Waals surface area (Å²) in [6.45, 7) is 4.96. The van der Waals surface area contributed by atoms with E-state index in [1.807, 2.05) is 62.4 Å². The minimum Gasteiger partial charge on any atom is -0.507 e. The molecule has 1 saturated heterocycles. The van der Waals surface area contributed by atoms with Gasteiger partial charge in [0.2, 0.25) is 0 Å². The van der Waals surface area contributed by atoms with Gasteiger partial charge < -0.3 is 19.3 Å². The summed E-state index contributed by atoms with van der Waals surface area (Å²) in [5, 5.41) is 11.8. The topological polar surface area (TPSA) is 111 Å². The van der Waals surface area contributed by atoms with Crippen LogP contribution in [0.15, 0.2) is 96.8 Å². The predicted molar refractivity (Wildman–Crippen MR) is 168 cm³/mol. The fourth-order valence-corrected chi connectivity index (χ4v) is 6.10. The summed E-state index contributed by atoms with van der Waals surface area (Å²) in [5.41, 5.74) is 2.50. The highest BCUT2D eigenvalue weighted by Gasteiger charge is 2.48. The molecule has 1 fully saturated rings. The maximum absolute atomic E-state index is 13.7. The molecule has 9 nitrogen and oxygen atoms in total. The van der Waals surface area contributed by atoms with Crippen LogP contribution in [0.5, 0.6) is 17.2 Å². The molecular formula is C34H29N3O6S. The average molecular weight is 608 g/mol. The number of hydrogen-bond acceptors (Lipinski definition) is 9. The third-order valence-electron chi connectivity index (χ3n) is 7.08. The van der Waals surface area contributed by atoms with Crippen molar-refractivity contribution in [2.24, 2.45) is 0 Å². The van der Waals surface area contributed by atoms with Crippen molar-refractivity contribution in [3.05, 3.63) is 114 Å². The van der Waals surface area contributed by atoms with Crippen molar-refractivity contribution in [2.45, 2.75) is 26.5 Å². The Bertz CT molecular complexity index is 1860. The first-order valence-electron chi connectivity index (χ1n) is 14.2. The lowest BCUT2D eigenvalue weighted by molar-refractivity contribution is -0.132. The van der Waals surface area contributed by atoms with Crippen LogP contribution in [-0.4, -0.2) is 40.0 Å². The van der Waals surface area contributed by atoms with Crippen molar-refractivity contribution in [1.82, 2.24) is 9.97 Å². The minimum atomic E-state index is -0.988. The number of hydrogen-bond donors (Lipinski definition) is 1. The number of benzene rings is 3. The molecular weight excluding hydrogens is 578 g/mol. The first-order valence-corrected chi connectivity index (χ1v) is 15.0. The van der Waals surface area contributed by atoms with Crippen LogP contribution in [0.3, 0.4) is 0 Å². The number of carbonyl (C=O) groups excluding carboxylic acids is 2. The van der Waals surface area contributed by atoms with Gasteiger partial charge in [-0.15, -0.1) is 0 Å². The van der Waals surface area contributed by atoms with Crippen molar-refractivity contribution in [3.63, 3.8) is 0 Å². The van der Waals surface area contributed by atoms with Crippen LogP contribution >= 0.6 is 11.3 Å². The Balaban J connectivity index is 1.47. The monoisotopic (exact) mass is 607 g/mol. The maximum atomic E-state index is 13.7. The highest BCUT2D eigenvalue weighted by atomic mass is 32.1. The van der Waals surface area contributed by atoms with Gasteiger partial charge in [-0.25, -0.2) is 4.98 Å². The van der Waals surface area contributed by atoms with Crippen molar-refractivity contribution in [1.29, 1.82) is 0 Å². The number of aliphatic hydroxyl groups is 1. The summed E-state index contributed by atoms with van der Waals surface area (Å²) in [4.78, 5) is 37.4. The van der Waals surface area contributed by atoms with Gasteiger partial charge >= 0.3 is 5.91 Å². The van der Waals surface area contributed by atoms with E-state index in [9.17, 15) is 14.7 Å². The summed E-state index contributed by atoms with van der Waals surface area (Å²) in [6.07, 6.45) is 3.02. The highest BCUT2D eigenvalue weighted by Crippen LogP contribution is 2.46. The SMILES string of the molecule is CCOc1ccc2nc(N3C(=O)C(=O)C(=C(O)c4ccncc4)C3c3ccc(OCc4ccccc4)c(OCC)c3)sc2c1. The van der Waals surface area contributed by atoms with E-state index in [0.29, 0.717) is 58.8 Å². The van der Waals surface area contributed by atoms with Crippen molar-refractivity contribution < 1.29 is 28.9 Å². The van der Waals surface area contributed by atoms with E-state index in [2.05, 4.69) is 4.98 Å². The van der Waals surface area contributed by atoms with Crippen LogP contribution in [0.4, 0.5) is 5.13 Å². The molecule has 1 atom stereocenters. The zero-order chi connectivity index (χ0) is 30.6. The predicted octanol–water partition coefficient (Wildman–Crippen LogP) is 6.69. The van der Waals surface area contributed by atoms with E-state index >= 15 is 0 Å². The van der Waals surface area contributed by atoms with Crippen molar-refractivity contribution in [2.75, 3.05) is 18.1 Å². The van der Waals surface area contributed by atoms with E-state index in [0.717, 1.165) is 10.3 Å². The van der Waals surface area contributed by atoms with Crippen LogP contribution in [0.2, 0.25) is 0 Å². The third-order valence-corrected chi connectivity index (χ3v) is 8.10. The summed E-state index contributed by atoms with van der Waals surface area (Å²) in [7, 11) is 0. The van der Waals surface area contributed by atoms with Gasteiger partial charge in [-0.05, 0) is 67.4 Å². The molecule has 0 spiro atoms. The number of ether oxygens (including phenoxy) is 3. The second-order valence-electron chi connectivity index (χ2n) is 9.88. The molecule has 0 aliphatic carbocycles. The Morgan fingerprint density at radius 3 is 2.41 bits per heavy atom. The molecule has 0 saturated carbocycles. The first kappa shape index (κ1) is 28.9. The van der Waals surface area contributed by atoms with Gasteiger partial charge in [0, 0.05) is 18.0 Å². The number of anilines is 1. The number of carbonyl (C=O) groups is 2. The van der Waals surface area contributed by atoms with Crippen LogP contribution in [0, 0.1) is 0 Å². The van der Waals surface area contributed by atoms with E-state index in [1.165, 1.54) is 28.6 Å². The molecule has 2 aromatic heterocycles. The number of thiazole rings is 1. The molecule has 1 amide bonds. The third kappa shape index (κ3) is 5.59. The molecule has 10 heteroatoms. The number of ketones is 1. The van der Waals surface area contributed by atoms with Gasteiger partial charge in [0.1, 0.15) is 18.1 Å². The van der Waals surface area contributed by atoms with Crippen molar-refractivity contribution >= 4 is 44.1 Å². The molecule has 0 radical (unpaired) electrons. The van der Waals surface area contributed by atoms with Gasteiger partial charge in [-0.3, -0.25) is 19.5 Å².